The van der Waals surface area contributed by atoms with Gasteiger partial charge in [-0.15, -0.1) is 5.53 Å². The van der Waals surface area contributed by atoms with E-state index in [9.17, 15) is 9.18 Å². The van der Waals surface area contributed by atoms with E-state index in [0.717, 1.165) is 68.1 Å². The highest BCUT2D eigenvalue weighted by atomic mass is 19.1. The fourth-order valence-electron chi connectivity index (χ4n) is 5.73. The summed E-state index contributed by atoms with van der Waals surface area (Å²) in [6.45, 7) is 6.89. The molecule has 1 saturated carbocycles. The van der Waals surface area contributed by atoms with Crippen LogP contribution in [0.4, 0.5) is 10.1 Å². The second-order valence-corrected chi connectivity index (χ2v) is 11.3. The van der Waals surface area contributed by atoms with Crippen LogP contribution >= 0.6 is 0 Å². The van der Waals surface area contributed by atoms with Gasteiger partial charge in [0.05, 0.1) is 48.3 Å². The van der Waals surface area contributed by atoms with Crippen LogP contribution in [-0.2, 0) is 4.74 Å². The van der Waals surface area contributed by atoms with Crippen molar-refractivity contribution in [2.45, 2.75) is 57.6 Å². The van der Waals surface area contributed by atoms with Gasteiger partial charge in [0.1, 0.15) is 17.2 Å². The Morgan fingerprint density at radius 3 is 2.68 bits per heavy atom. The van der Waals surface area contributed by atoms with Crippen LogP contribution in [0.1, 0.15) is 65.7 Å². The number of hydrogen-bond acceptors (Lipinski definition) is 8. The number of fused-ring (bicyclic) bond motifs is 1. The molecule has 1 saturated heterocycles. The van der Waals surface area contributed by atoms with Crippen LogP contribution in [0.2, 0.25) is 0 Å². The summed E-state index contributed by atoms with van der Waals surface area (Å²) in [6.07, 6.45) is 10.0. The molecule has 11 heteroatoms. The SMILES string of the molecule is COc1cc2ncc(C3=CN(c4cc(C(=O)NC5CC5)c(F)cc4C)NN3)n2cc1C1CCN(C[C@H](C)OC)CC1. The average molecular weight is 564 g/mol. The lowest BCUT2D eigenvalue weighted by Gasteiger charge is -2.33. The summed E-state index contributed by atoms with van der Waals surface area (Å²) in [7, 11) is 3.47. The second kappa shape index (κ2) is 11.3. The number of hydrogen-bond donors (Lipinski definition) is 3. The highest BCUT2D eigenvalue weighted by Crippen LogP contribution is 2.36. The molecule has 218 valence electrons. The number of aromatic nitrogens is 2. The minimum atomic E-state index is -0.525. The third kappa shape index (κ3) is 5.61. The lowest BCUT2D eigenvalue weighted by atomic mass is 9.89. The van der Waals surface area contributed by atoms with Gasteiger partial charge >= 0.3 is 0 Å². The number of ether oxygens (including phenoxy) is 2. The highest BCUT2D eigenvalue weighted by molar-refractivity contribution is 5.96. The molecule has 4 heterocycles. The Bertz CT molecular complexity index is 1480. The first-order valence-corrected chi connectivity index (χ1v) is 14.3. The van der Waals surface area contributed by atoms with Crippen LogP contribution in [0.3, 0.4) is 0 Å². The molecule has 41 heavy (non-hydrogen) atoms. The van der Waals surface area contributed by atoms with Crippen LogP contribution in [0.15, 0.2) is 36.8 Å². The third-order valence-electron chi connectivity index (χ3n) is 8.35. The lowest BCUT2D eigenvalue weighted by Crippen LogP contribution is -2.38. The van der Waals surface area contributed by atoms with Crippen molar-refractivity contribution >= 4 is 22.9 Å². The van der Waals surface area contributed by atoms with Gasteiger partial charge in [-0.25, -0.2) is 9.37 Å². The summed E-state index contributed by atoms with van der Waals surface area (Å²) in [5.41, 5.74) is 11.4. The van der Waals surface area contributed by atoms with Gasteiger partial charge in [0.2, 0.25) is 0 Å². The number of carbonyl (C=O) groups is 1. The molecule has 0 bridgehead atoms. The molecule has 2 aromatic heterocycles. The summed E-state index contributed by atoms with van der Waals surface area (Å²) in [5, 5.41) is 4.64. The molecule has 3 aliphatic rings. The van der Waals surface area contributed by atoms with Crippen molar-refractivity contribution in [2.75, 3.05) is 38.9 Å². The monoisotopic (exact) mass is 563 g/mol. The fourth-order valence-corrected chi connectivity index (χ4v) is 5.73. The van der Waals surface area contributed by atoms with E-state index in [0.29, 0.717) is 17.2 Å². The van der Waals surface area contributed by atoms with E-state index in [1.54, 1.807) is 25.3 Å². The highest BCUT2D eigenvalue weighted by Gasteiger charge is 2.28. The van der Waals surface area contributed by atoms with Crippen molar-refractivity contribution in [1.29, 1.82) is 0 Å². The molecule has 3 aromatic rings. The van der Waals surface area contributed by atoms with Gasteiger partial charge in [-0.2, -0.15) is 0 Å². The van der Waals surface area contributed by atoms with Gasteiger partial charge in [-0.1, -0.05) is 0 Å². The number of piperidine rings is 1. The number of methoxy groups -OCH3 is 2. The van der Waals surface area contributed by atoms with E-state index in [4.69, 9.17) is 9.47 Å². The number of anilines is 1. The first-order chi connectivity index (χ1) is 19.8. The van der Waals surface area contributed by atoms with E-state index in [1.165, 1.54) is 11.6 Å². The van der Waals surface area contributed by atoms with Gasteiger partial charge in [0.15, 0.2) is 0 Å². The predicted molar refractivity (Wildman–Crippen MR) is 155 cm³/mol. The van der Waals surface area contributed by atoms with E-state index in [-0.39, 0.29) is 23.6 Å². The number of likely N-dealkylation sites (tertiary alicyclic amines) is 1. The molecule has 2 aliphatic heterocycles. The van der Waals surface area contributed by atoms with Crippen LogP contribution < -0.4 is 26.0 Å². The van der Waals surface area contributed by atoms with Gasteiger partial charge in [0, 0.05) is 37.5 Å². The smallest absolute Gasteiger partial charge is 0.254 e. The van der Waals surface area contributed by atoms with Crippen LogP contribution in [0.25, 0.3) is 11.3 Å². The maximum Gasteiger partial charge on any atom is 0.254 e. The van der Waals surface area contributed by atoms with Crippen molar-refractivity contribution in [3.05, 3.63) is 65.0 Å². The fraction of sp³-hybridized carbons (Fsp3) is 0.467. The quantitative estimate of drug-likeness (QED) is 0.363. The van der Waals surface area contributed by atoms with Gasteiger partial charge < -0.3 is 19.7 Å². The Balaban J connectivity index is 1.26. The number of aryl methyl sites for hydroxylation is 1. The number of nitrogens with zero attached hydrogens (tertiary/aromatic N) is 4. The topological polar surface area (TPSA) is 95.4 Å². The number of carbonyl (C=O) groups excluding carboxylic acids is 1. The zero-order chi connectivity index (χ0) is 28.7. The molecule has 0 spiro atoms. The molecular weight excluding hydrogens is 525 g/mol. The van der Waals surface area contributed by atoms with Crippen molar-refractivity contribution in [3.8, 4) is 5.75 Å². The number of benzene rings is 1. The van der Waals surface area contributed by atoms with E-state index >= 15 is 0 Å². The zero-order valence-electron chi connectivity index (χ0n) is 24.0. The number of pyridine rings is 1. The zero-order valence-corrected chi connectivity index (χ0v) is 24.0. The van der Waals surface area contributed by atoms with Crippen LogP contribution in [0, 0.1) is 12.7 Å². The maximum atomic E-state index is 14.7. The van der Waals surface area contributed by atoms with Crippen LogP contribution in [-0.4, -0.2) is 66.2 Å². The number of nitrogens with one attached hydrogen (secondary N) is 3. The summed E-state index contributed by atoms with van der Waals surface area (Å²) >= 11 is 0. The first-order valence-electron chi connectivity index (χ1n) is 14.3. The van der Waals surface area contributed by atoms with Gasteiger partial charge in [-0.05, 0) is 76.2 Å². The first kappa shape index (κ1) is 27.5. The van der Waals surface area contributed by atoms with Crippen molar-refractivity contribution in [3.63, 3.8) is 0 Å². The minimum Gasteiger partial charge on any atom is -0.496 e. The predicted octanol–water partition coefficient (Wildman–Crippen LogP) is 3.72. The minimum absolute atomic E-state index is 0.0374. The summed E-state index contributed by atoms with van der Waals surface area (Å²) in [4.78, 5) is 19.7. The third-order valence-corrected chi connectivity index (χ3v) is 8.35. The largest absolute Gasteiger partial charge is 0.496 e. The summed E-state index contributed by atoms with van der Waals surface area (Å²) < 4.78 is 28.0. The number of hydrazine groups is 2. The number of halogens is 1. The molecular formula is C30H38FN7O3. The Kier molecular flexibility index (Phi) is 7.58. The molecule has 2 fully saturated rings. The second-order valence-electron chi connectivity index (χ2n) is 11.3. The molecule has 1 amide bonds. The maximum absolute atomic E-state index is 14.7. The summed E-state index contributed by atoms with van der Waals surface area (Å²) in [5.74, 6) is 0.319. The van der Waals surface area contributed by atoms with Gasteiger partial charge in [0.25, 0.3) is 5.91 Å². The summed E-state index contributed by atoms with van der Waals surface area (Å²) in [6, 6.07) is 5.13. The molecule has 1 aliphatic carbocycles. The lowest BCUT2D eigenvalue weighted by molar-refractivity contribution is 0.0673. The van der Waals surface area contributed by atoms with Crippen molar-refractivity contribution in [2.24, 2.45) is 0 Å². The number of amides is 1. The average Bonchev–Trinajstić information content (AvgIpc) is 3.48. The standard InChI is InChI=1S/C30H38FN7O3/c1-18-11-24(31)22(30(39)33-21-5-6-21)12-26(18)38-17-25(34-35-38)27-14-32-29-13-28(41-4)23(16-37(27)29)20-7-9-36(10-8-20)15-19(2)40-3/h11-14,16-17,19-21,34-35H,5-10,15H2,1-4H3,(H,33,39)/t19-/m0/s1. The Labute approximate surface area is 239 Å². The number of rotatable bonds is 9. The number of imidazole rings is 1. The Morgan fingerprint density at radius 1 is 1.20 bits per heavy atom. The van der Waals surface area contributed by atoms with Crippen LogP contribution in [0.5, 0.6) is 5.75 Å². The molecule has 3 N–H and O–H groups in total. The molecule has 6 rings (SSSR count). The van der Waals surface area contributed by atoms with E-state index in [2.05, 4.69) is 43.7 Å². The normalized spacial score (nSPS) is 18.9. The Hall–Kier alpha value is -3.67. The van der Waals surface area contributed by atoms with Crippen molar-refractivity contribution < 1.29 is 18.7 Å². The van der Waals surface area contributed by atoms with E-state index in [1.807, 2.05) is 25.4 Å². The molecule has 0 radical (unpaired) electrons. The molecule has 0 unspecified atom stereocenters. The Morgan fingerprint density at radius 2 is 1.98 bits per heavy atom. The van der Waals surface area contributed by atoms with Crippen molar-refractivity contribution in [1.82, 2.24) is 30.6 Å². The van der Waals surface area contributed by atoms with E-state index < -0.39 is 5.82 Å². The molecule has 1 aromatic carbocycles. The van der Waals surface area contributed by atoms with Gasteiger partial charge in [-0.3, -0.25) is 19.6 Å². The molecule has 1 atom stereocenters. The molecule has 10 nitrogen and oxygen atoms in total.